The molecule has 70 valence electrons. The fraction of sp³-hybridized carbons (Fsp3) is 0.222. The van der Waals surface area contributed by atoms with Crippen LogP contribution in [-0.2, 0) is 11.2 Å². The molecule has 0 aliphatic carbocycles. The first-order valence-corrected chi connectivity index (χ1v) is 4.83. The predicted molar refractivity (Wildman–Crippen MR) is 55.1 cm³/mol. The zero-order chi connectivity index (χ0) is 9.84. The Kier molecular flexibility index (Phi) is 3.65. The van der Waals surface area contributed by atoms with Crippen molar-refractivity contribution in [2.24, 2.45) is 0 Å². The normalized spacial score (nSPS) is 10.0. The highest BCUT2D eigenvalue weighted by atomic mass is 127. The number of hydrogen-bond donors (Lipinski definition) is 1. The fourth-order valence-corrected chi connectivity index (χ4v) is 1.28. The van der Waals surface area contributed by atoms with Crippen LogP contribution in [0.25, 0.3) is 0 Å². The van der Waals surface area contributed by atoms with Crippen LogP contribution in [0, 0.1) is 9.39 Å². The van der Waals surface area contributed by atoms with E-state index in [4.69, 9.17) is 5.11 Å². The molecular formula is C9H8FIO2. The zero-order valence-corrected chi connectivity index (χ0v) is 8.92. The van der Waals surface area contributed by atoms with Crippen molar-refractivity contribution in [2.75, 3.05) is 0 Å². The second kappa shape index (κ2) is 4.55. The highest BCUT2D eigenvalue weighted by molar-refractivity contribution is 14.1. The number of benzene rings is 1. The maximum absolute atomic E-state index is 12.9. The SMILES string of the molecule is O=C(O)CCc1ccc(I)c(F)c1. The molecule has 1 rings (SSSR count). The Morgan fingerprint density at radius 3 is 2.77 bits per heavy atom. The van der Waals surface area contributed by atoms with Gasteiger partial charge in [0.05, 0.1) is 0 Å². The van der Waals surface area contributed by atoms with E-state index in [9.17, 15) is 9.18 Å². The van der Waals surface area contributed by atoms with Crippen LogP contribution in [0.3, 0.4) is 0 Å². The van der Waals surface area contributed by atoms with Crippen molar-refractivity contribution in [3.05, 3.63) is 33.1 Å². The number of carbonyl (C=O) groups is 1. The van der Waals surface area contributed by atoms with E-state index < -0.39 is 5.97 Å². The van der Waals surface area contributed by atoms with Gasteiger partial charge in [0.2, 0.25) is 0 Å². The van der Waals surface area contributed by atoms with Gasteiger partial charge in [-0.05, 0) is 46.7 Å². The second-order valence-electron chi connectivity index (χ2n) is 2.64. The van der Waals surface area contributed by atoms with Gasteiger partial charge in [-0.2, -0.15) is 0 Å². The minimum atomic E-state index is -0.862. The molecule has 1 N–H and O–H groups in total. The average Bonchev–Trinajstić information content (AvgIpc) is 2.07. The molecule has 0 saturated carbocycles. The van der Waals surface area contributed by atoms with Gasteiger partial charge in [-0.25, -0.2) is 4.39 Å². The zero-order valence-electron chi connectivity index (χ0n) is 6.76. The minimum Gasteiger partial charge on any atom is -0.481 e. The summed E-state index contributed by atoms with van der Waals surface area (Å²) >= 11 is 1.89. The summed E-state index contributed by atoms with van der Waals surface area (Å²) in [7, 11) is 0. The maximum atomic E-state index is 12.9. The van der Waals surface area contributed by atoms with Gasteiger partial charge in [-0.3, -0.25) is 4.79 Å². The molecule has 0 saturated heterocycles. The van der Waals surface area contributed by atoms with E-state index in [1.807, 2.05) is 22.6 Å². The van der Waals surface area contributed by atoms with Crippen LogP contribution in [0.2, 0.25) is 0 Å². The van der Waals surface area contributed by atoms with Crippen LogP contribution in [-0.4, -0.2) is 11.1 Å². The molecule has 0 aliphatic rings. The monoisotopic (exact) mass is 294 g/mol. The van der Waals surface area contributed by atoms with E-state index >= 15 is 0 Å². The van der Waals surface area contributed by atoms with Crippen LogP contribution in [0.1, 0.15) is 12.0 Å². The van der Waals surface area contributed by atoms with E-state index in [-0.39, 0.29) is 12.2 Å². The number of hydrogen-bond acceptors (Lipinski definition) is 1. The predicted octanol–water partition coefficient (Wildman–Crippen LogP) is 2.45. The van der Waals surface area contributed by atoms with Crippen molar-refractivity contribution in [1.82, 2.24) is 0 Å². The third-order valence-corrected chi connectivity index (χ3v) is 2.49. The van der Waals surface area contributed by atoms with Crippen molar-refractivity contribution >= 4 is 28.6 Å². The number of aliphatic carboxylic acids is 1. The minimum absolute atomic E-state index is 0.0417. The summed E-state index contributed by atoms with van der Waals surface area (Å²) < 4.78 is 13.5. The lowest BCUT2D eigenvalue weighted by atomic mass is 10.1. The Hall–Kier alpha value is -0.650. The largest absolute Gasteiger partial charge is 0.481 e. The molecule has 0 amide bonds. The molecule has 0 aliphatic heterocycles. The van der Waals surface area contributed by atoms with Gasteiger partial charge in [0, 0.05) is 9.99 Å². The highest BCUT2D eigenvalue weighted by Crippen LogP contribution is 2.13. The summed E-state index contributed by atoms with van der Waals surface area (Å²) in [4.78, 5) is 10.2. The number of rotatable bonds is 3. The van der Waals surface area contributed by atoms with Gasteiger partial charge in [0.1, 0.15) is 5.82 Å². The second-order valence-corrected chi connectivity index (χ2v) is 3.80. The Labute approximate surface area is 88.9 Å². The van der Waals surface area contributed by atoms with Gasteiger partial charge in [-0.1, -0.05) is 6.07 Å². The summed E-state index contributed by atoms with van der Waals surface area (Å²) in [6, 6.07) is 4.77. The lowest BCUT2D eigenvalue weighted by molar-refractivity contribution is -0.136. The summed E-state index contributed by atoms with van der Waals surface area (Å²) in [5, 5.41) is 8.40. The first-order valence-electron chi connectivity index (χ1n) is 3.75. The molecule has 2 nitrogen and oxygen atoms in total. The highest BCUT2D eigenvalue weighted by Gasteiger charge is 2.02. The molecule has 13 heavy (non-hydrogen) atoms. The Morgan fingerprint density at radius 2 is 2.23 bits per heavy atom. The summed E-state index contributed by atoms with van der Waals surface area (Å²) in [5.41, 5.74) is 0.723. The molecule has 4 heteroatoms. The van der Waals surface area contributed by atoms with Gasteiger partial charge in [-0.15, -0.1) is 0 Å². The van der Waals surface area contributed by atoms with Crippen LogP contribution in [0.5, 0.6) is 0 Å². The van der Waals surface area contributed by atoms with Crippen molar-refractivity contribution < 1.29 is 14.3 Å². The van der Waals surface area contributed by atoms with E-state index in [0.29, 0.717) is 9.99 Å². The van der Waals surface area contributed by atoms with Gasteiger partial charge < -0.3 is 5.11 Å². The Balaban J connectivity index is 2.68. The van der Waals surface area contributed by atoms with Crippen LogP contribution >= 0.6 is 22.6 Å². The average molecular weight is 294 g/mol. The number of carboxylic acids is 1. The van der Waals surface area contributed by atoms with Crippen molar-refractivity contribution in [3.8, 4) is 0 Å². The lowest BCUT2D eigenvalue weighted by Crippen LogP contribution is -1.98. The van der Waals surface area contributed by atoms with Crippen LogP contribution < -0.4 is 0 Å². The smallest absolute Gasteiger partial charge is 0.303 e. The van der Waals surface area contributed by atoms with Gasteiger partial charge in [0.15, 0.2) is 0 Å². The molecule has 0 radical (unpaired) electrons. The van der Waals surface area contributed by atoms with E-state index in [1.165, 1.54) is 6.07 Å². The van der Waals surface area contributed by atoms with Gasteiger partial charge in [0.25, 0.3) is 0 Å². The Morgan fingerprint density at radius 1 is 1.54 bits per heavy atom. The molecule has 0 atom stereocenters. The summed E-state index contributed by atoms with van der Waals surface area (Å²) in [6.07, 6.45) is 0.420. The molecule has 0 bridgehead atoms. The van der Waals surface area contributed by atoms with Crippen molar-refractivity contribution in [2.45, 2.75) is 12.8 Å². The summed E-state index contributed by atoms with van der Waals surface area (Å²) in [6.45, 7) is 0. The molecular weight excluding hydrogens is 286 g/mol. The number of halogens is 2. The number of aryl methyl sites for hydroxylation is 1. The van der Waals surface area contributed by atoms with Crippen LogP contribution in [0.4, 0.5) is 4.39 Å². The van der Waals surface area contributed by atoms with Crippen LogP contribution in [0.15, 0.2) is 18.2 Å². The standard InChI is InChI=1S/C9H8FIO2/c10-7-5-6(1-3-8(7)11)2-4-9(12)13/h1,3,5H,2,4H2,(H,12,13). The quantitative estimate of drug-likeness (QED) is 0.869. The molecule has 0 heterocycles. The van der Waals surface area contributed by atoms with E-state index in [1.54, 1.807) is 12.1 Å². The Bertz CT molecular complexity index is 325. The molecule has 1 aromatic rings. The van der Waals surface area contributed by atoms with Gasteiger partial charge >= 0.3 is 5.97 Å². The third-order valence-electron chi connectivity index (χ3n) is 1.61. The molecule has 1 aromatic carbocycles. The first kappa shape index (κ1) is 10.4. The fourth-order valence-electron chi connectivity index (χ4n) is 0.946. The number of carboxylic acid groups (broad SMARTS) is 1. The molecule has 0 spiro atoms. The summed E-state index contributed by atoms with van der Waals surface area (Å²) in [5.74, 6) is -1.15. The van der Waals surface area contributed by atoms with E-state index in [0.717, 1.165) is 5.56 Å². The first-order chi connectivity index (χ1) is 6.09. The topological polar surface area (TPSA) is 37.3 Å². The van der Waals surface area contributed by atoms with Crippen molar-refractivity contribution in [1.29, 1.82) is 0 Å². The maximum Gasteiger partial charge on any atom is 0.303 e. The lowest BCUT2D eigenvalue weighted by Gasteiger charge is -1.99. The third kappa shape index (κ3) is 3.30. The van der Waals surface area contributed by atoms with E-state index in [2.05, 4.69) is 0 Å². The molecule has 0 aromatic heterocycles. The molecule has 0 fully saturated rings. The molecule has 0 unspecified atom stereocenters. The van der Waals surface area contributed by atoms with Crippen molar-refractivity contribution in [3.63, 3.8) is 0 Å².